The molecule has 2 saturated heterocycles. The van der Waals surface area contributed by atoms with Crippen LogP contribution in [0.2, 0.25) is 0 Å². The molecule has 0 aromatic rings. The molecule has 10 heteroatoms. The third-order valence-corrected chi connectivity index (χ3v) is 4.74. The SMILES string of the molecule is CC1=C2C(=C(C)CC3OC(=O)OC(=O)OC23)C2OC(=O)OC(=O)OC2C1. The van der Waals surface area contributed by atoms with Gasteiger partial charge in [0.2, 0.25) is 0 Å². The Kier molecular flexibility index (Phi) is 3.63. The van der Waals surface area contributed by atoms with Gasteiger partial charge in [-0.2, -0.15) is 0 Å². The molecule has 0 N–H and O–H groups in total. The van der Waals surface area contributed by atoms with Gasteiger partial charge in [-0.3, -0.25) is 0 Å². The van der Waals surface area contributed by atoms with Gasteiger partial charge in [-0.05, 0) is 13.8 Å². The summed E-state index contributed by atoms with van der Waals surface area (Å²) < 4.78 is 29.6. The highest BCUT2D eigenvalue weighted by Gasteiger charge is 2.50. The number of ether oxygens (including phenoxy) is 6. The zero-order valence-electron chi connectivity index (χ0n) is 13.8. The molecule has 2 fully saturated rings. The molecular weight excluding hydrogens is 352 g/mol. The third kappa shape index (κ3) is 2.57. The summed E-state index contributed by atoms with van der Waals surface area (Å²) in [4.78, 5) is 46.4. The minimum Gasteiger partial charge on any atom is -0.426 e. The average molecular weight is 366 g/mol. The monoisotopic (exact) mass is 366 g/mol. The van der Waals surface area contributed by atoms with Gasteiger partial charge in [-0.25, -0.2) is 19.2 Å². The van der Waals surface area contributed by atoms with E-state index >= 15 is 0 Å². The molecular formula is C16H14O10. The van der Waals surface area contributed by atoms with E-state index in [1.165, 1.54) is 0 Å². The Morgan fingerprint density at radius 2 is 0.962 bits per heavy atom. The number of carbonyl (C=O) groups is 4. The number of fused-ring (bicyclic) bond motifs is 5. The van der Waals surface area contributed by atoms with Gasteiger partial charge in [0.1, 0.15) is 0 Å². The van der Waals surface area contributed by atoms with Crippen LogP contribution in [-0.2, 0) is 28.4 Å². The van der Waals surface area contributed by atoms with Crippen molar-refractivity contribution in [2.75, 3.05) is 0 Å². The molecule has 10 nitrogen and oxygen atoms in total. The van der Waals surface area contributed by atoms with E-state index in [1.807, 2.05) is 0 Å². The Balaban J connectivity index is 1.80. The molecule has 0 aromatic carbocycles. The van der Waals surface area contributed by atoms with Crippen molar-refractivity contribution in [1.29, 1.82) is 0 Å². The fraction of sp³-hybridized carbons (Fsp3) is 0.500. The van der Waals surface area contributed by atoms with E-state index in [1.54, 1.807) is 13.8 Å². The molecule has 4 aliphatic rings. The fourth-order valence-corrected chi connectivity index (χ4v) is 3.82. The molecule has 4 unspecified atom stereocenters. The summed E-state index contributed by atoms with van der Waals surface area (Å²) in [5.74, 6) is 0. The van der Waals surface area contributed by atoms with Crippen LogP contribution in [0, 0.1) is 0 Å². The highest BCUT2D eigenvalue weighted by atomic mass is 16.8. The Hall–Kier alpha value is -3.04. The first kappa shape index (κ1) is 16.4. The van der Waals surface area contributed by atoms with Gasteiger partial charge in [0, 0.05) is 24.0 Å². The molecule has 2 heterocycles. The molecule has 4 atom stereocenters. The third-order valence-electron chi connectivity index (χ3n) is 4.74. The van der Waals surface area contributed by atoms with Crippen LogP contribution in [-0.4, -0.2) is 49.0 Å². The van der Waals surface area contributed by atoms with E-state index in [-0.39, 0.29) is 12.8 Å². The van der Waals surface area contributed by atoms with Crippen molar-refractivity contribution in [3.63, 3.8) is 0 Å². The highest BCUT2D eigenvalue weighted by Crippen LogP contribution is 2.45. The van der Waals surface area contributed by atoms with Gasteiger partial charge >= 0.3 is 24.6 Å². The van der Waals surface area contributed by atoms with Crippen molar-refractivity contribution in [2.45, 2.75) is 51.1 Å². The maximum Gasteiger partial charge on any atom is 0.519 e. The smallest absolute Gasteiger partial charge is 0.426 e. The number of hydrogen-bond donors (Lipinski definition) is 0. The van der Waals surface area contributed by atoms with Crippen LogP contribution >= 0.6 is 0 Å². The molecule has 0 aromatic heterocycles. The van der Waals surface area contributed by atoms with Gasteiger partial charge < -0.3 is 28.4 Å². The molecule has 0 spiro atoms. The average Bonchev–Trinajstić information content (AvgIpc) is 2.75. The van der Waals surface area contributed by atoms with Crippen molar-refractivity contribution in [3.05, 3.63) is 22.3 Å². The van der Waals surface area contributed by atoms with Crippen LogP contribution in [0.1, 0.15) is 26.7 Å². The van der Waals surface area contributed by atoms with E-state index in [4.69, 9.17) is 18.9 Å². The lowest BCUT2D eigenvalue weighted by molar-refractivity contribution is 0.00539. The van der Waals surface area contributed by atoms with E-state index < -0.39 is 49.0 Å². The predicted octanol–water partition coefficient (Wildman–Crippen LogP) is 2.51. The van der Waals surface area contributed by atoms with E-state index in [2.05, 4.69) is 9.47 Å². The Labute approximate surface area is 146 Å². The number of hydrogen-bond acceptors (Lipinski definition) is 10. The maximum absolute atomic E-state index is 11.7. The minimum absolute atomic E-state index is 0.231. The highest BCUT2D eigenvalue weighted by molar-refractivity contribution is 5.80. The normalized spacial score (nSPS) is 33.8. The summed E-state index contributed by atoms with van der Waals surface area (Å²) in [6.45, 7) is 3.54. The molecule has 2 aliphatic heterocycles. The van der Waals surface area contributed by atoms with Crippen molar-refractivity contribution in [3.8, 4) is 0 Å². The van der Waals surface area contributed by atoms with Crippen molar-refractivity contribution in [1.82, 2.24) is 0 Å². The predicted molar refractivity (Wildman–Crippen MR) is 77.9 cm³/mol. The summed E-state index contributed by atoms with van der Waals surface area (Å²) >= 11 is 0. The van der Waals surface area contributed by atoms with Gasteiger partial charge in [-0.15, -0.1) is 0 Å². The van der Waals surface area contributed by atoms with E-state index in [9.17, 15) is 19.2 Å². The van der Waals surface area contributed by atoms with Crippen LogP contribution in [0.5, 0.6) is 0 Å². The second-order valence-electron chi connectivity index (χ2n) is 6.39. The number of cyclic esters (lactones) is 4. The second-order valence-corrected chi connectivity index (χ2v) is 6.39. The molecule has 0 amide bonds. The lowest BCUT2D eigenvalue weighted by Crippen LogP contribution is -2.46. The van der Waals surface area contributed by atoms with Crippen LogP contribution in [0.4, 0.5) is 19.2 Å². The lowest BCUT2D eigenvalue weighted by atomic mass is 9.73. The van der Waals surface area contributed by atoms with Crippen LogP contribution in [0.3, 0.4) is 0 Å². The topological polar surface area (TPSA) is 124 Å². The molecule has 4 rings (SSSR count). The Morgan fingerprint density at radius 1 is 0.615 bits per heavy atom. The molecule has 26 heavy (non-hydrogen) atoms. The molecule has 0 bridgehead atoms. The summed E-state index contributed by atoms with van der Waals surface area (Å²) in [6, 6.07) is 0. The summed E-state index contributed by atoms with van der Waals surface area (Å²) in [5, 5.41) is 0. The van der Waals surface area contributed by atoms with Crippen LogP contribution < -0.4 is 0 Å². The Morgan fingerprint density at radius 3 is 1.35 bits per heavy atom. The van der Waals surface area contributed by atoms with Crippen LogP contribution in [0.15, 0.2) is 22.3 Å². The summed E-state index contributed by atoms with van der Waals surface area (Å²) in [7, 11) is 0. The first-order valence-corrected chi connectivity index (χ1v) is 7.91. The standard InChI is InChI=1S/C16H14O10/c1-5-3-7-12(24-16(20)25-13(17)21-7)10-6(2)4-8-11(9(5)10)23-15(19)26-14(18)22-8/h7-8,11-12H,3-4H2,1-2H3. The van der Waals surface area contributed by atoms with Gasteiger partial charge in [0.25, 0.3) is 0 Å². The van der Waals surface area contributed by atoms with Crippen molar-refractivity contribution >= 4 is 24.6 Å². The van der Waals surface area contributed by atoms with E-state index in [0.29, 0.717) is 11.1 Å². The van der Waals surface area contributed by atoms with Gasteiger partial charge in [-0.1, -0.05) is 11.1 Å². The zero-order valence-corrected chi connectivity index (χ0v) is 13.8. The fourth-order valence-electron chi connectivity index (χ4n) is 3.82. The summed E-state index contributed by atoms with van der Waals surface area (Å²) in [6.07, 6.45) is -7.49. The number of carbonyl (C=O) groups excluding carboxylic acids is 4. The van der Waals surface area contributed by atoms with Gasteiger partial charge in [0.15, 0.2) is 24.4 Å². The second kappa shape index (κ2) is 5.75. The van der Waals surface area contributed by atoms with E-state index in [0.717, 1.165) is 11.1 Å². The van der Waals surface area contributed by atoms with Crippen molar-refractivity contribution in [2.24, 2.45) is 0 Å². The first-order valence-electron chi connectivity index (χ1n) is 7.91. The number of rotatable bonds is 0. The lowest BCUT2D eigenvalue weighted by Gasteiger charge is -2.40. The molecule has 0 radical (unpaired) electrons. The van der Waals surface area contributed by atoms with Crippen molar-refractivity contribution < 1.29 is 47.6 Å². The molecule has 0 saturated carbocycles. The maximum atomic E-state index is 11.7. The summed E-state index contributed by atoms with van der Waals surface area (Å²) in [5.41, 5.74) is 2.62. The Bertz CT molecular complexity index is 725. The van der Waals surface area contributed by atoms with Gasteiger partial charge in [0.05, 0.1) is 0 Å². The van der Waals surface area contributed by atoms with Crippen LogP contribution in [0.25, 0.3) is 0 Å². The molecule has 138 valence electrons. The zero-order chi connectivity index (χ0) is 18.6. The minimum atomic E-state index is -1.17. The first-order chi connectivity index (χ1) is 12.3. The quantitative estimate of drug-likeness (QED) is 0.359. The largest absolute Gasteiger partial charge is 0.519 e. The molecule has 2 aliphatic carbocycles.